The van der Waals surface area contributed by atoms with E-state index in [0.717, 1.165) is 18.8 Å². The van der Waals surface area contributed by atoms with Crippen molar-refractivity contribution in [2.45, 2.75) is 0 Å². The van der Waals surface area contributed by atoms with Gasteiger partial charge in [-0.05, 0) is 24.3 Å². The van der Waals surface area contributed by atoms with Crippen LogP contribution in [0.1, 0.15) is 10.4 Å². The first kappa shape index (κ1) is 14.4. The quantitative estimate of drug-likeness (QED) is 0.870. The summed E-state index contributed by atoms with van der Waals surface area (Å²) in [6, 6.07) is 11.4. The summed E-state index contributed by atoms with van der Waals surface area (Å²) in [5.74, 6) is 0.663. The fourth-order valence-electron chi connectivity index (χ4n) is 2.71. The van der Waals surface area contributed by atoms with E-state index in [1.807, 2.05) is 41.3 Å². The topological polar surface area (TPSA) is 45.7 Å². The Bertz CT molecular complexity index is 637. The highest BCUT2D eigenvalue weighted by Crippen LogP contribution is 2.21. The maximum atomic E-state index is 12.6. The third-order valence-corrected chi connectivity index (χ3v) is 3.93. The number of pyridine rings is 1. The Balaban J connectivity index is 1.67. The molecule has 3 rings (SSSR count). The number of hydrogen-bond donors (Lipinski definition) is 0. The van der Waals surface area contributed by atoms with Crippen LogP contribution in [0.2, 0.25) is 0 Å². The number of amides is 1. The van der Waals surface area contributed by atoms with E-state index in [9.17, 15) is 4.79 Å². The largest absolute Gasteiger partial charge is 0.496 e. The Labute approximate surface area is 130 Å². The molecular formula is C17H19N3O2. The van der Waals surface area contributed by atoms with Gasteiger partial charge in [-0.2, -0.15) is 0 Å². The monoisotopic (exact) mass is 297 g/mol. The van der Waals surface area contributed by atoms with E-state index in [0.29, 0.717) is 24.4 Å². The van der Waals surface area contributed by atoms with Crippen molar-refractivity contribution in [1.29, 1.82) is 0 Å². The standard InChI is InChI=1S/C17H19N3O2/c1-22-16-5-3-2-4-15(16)17(21)20-12-10-19(11-13-20)14-6-8-18-9-7-14/h2-9H,10-13H2,1H3. The molecule has 1 aromatic carbocycles. The van der Waals surface area contributed by atoms with Crippen molar-refractivity contribution >= 4 is 11.6 Å². The van der Waals surface area contributed by atoms with Gasteiger partial charge >= 0.3 is 0 Å². The van der Waals surface area contributed by atoms with E-state index in [-0.39, 0.29) is 5.91 Å². The smallest absolute Gasteiger partial charge is 0.257 e. The molecule has 1 aliphatic rings. The molecule has 0 bridgehead atoms. The first-order valence-electron chi connectivity index (χ1n) is 7.37. The molecular weight excluding hydrogens is 278 g/mol. The average molecular weight is 297 g/mol. The number of para-hydroxylation sites is 1. The number of aromatic nitrogens is 1. The predicted octanol–water partition coefficient (Wildman–Crippen LogP) is 2.05. The molecule has 2 aromatic rings. The maximum absolute atomic E-state index is 12.6. The van der Waals surface area contributed by atoms with Crippen LogP contribution in [-0.4, -0.2) is 49.1 Å². The maximum Gasteiger partial charge on any atom is 0.257 e. The van der Waals surface area contributed by atoms with Crippen LogP contribution in [0.4, 0.5) is 5.69 Å². The van der Waals surface area contributed by atoms with Crippen LogP contribution in [0.3, 0.4) is 0 Å². The van der Waals surface area contributed by atoms with Crippen LogP contribution in [0.25, 0.3) is 0 Å². The van der Waals surface area contributed by atoms with Gasteiger partial charge in [-0.1, -0.05) is 12.1 Å². The summed E-state index contributed by atoms with van der Waals surface area (Å²) in [5, 5.41) is 0. The van der Waals surface area contributed by atoms with Gasteiger partial charge in [0.15, 0.2) is 0 Å². The minimum Gasteiger partial charge on any atom is -0.496 e. The zero-order valence-electron chi connectivity index (χ0n) is 12.6. The summed E-state index contributed by atoms with van der Waals surface area (Å²) >= 11 is 0. The summed E-state index contributed by atoms with van der Waals surface area (Å²) in [6.07, 6.45) is 3.59. The fraction of sp³-hybridized carbons (Fsp3) is 0.294. The zero-order valence-corrected chi connectivity index (χ0v) is 12.6. The molecule has 0 saturated carbocycles. The van der Waals surface area contributed by atoms with Crippen LogP contribution >= 0.6 is 0 Å². The highest BCUT2D eigenvalue weighted by atomic mass is 16.5. The third kappa shape index (κ3) is 2.88. The minimum atomic E-state index is 0.0341. The summed E-state index contributed by atoms with van der Waals surface area (Å²) in [6.45, 7) is 3.06. The van der Waals surface area contributed by atoms with Gasteiger partial charge in [0.1, 0.15) is 5.75 Å². The van der Waals surface area contributed by atoms with Gasteiger partial charge < -0.3 is 14.5 Å². The Kier molecular flexibility index (Phi) is 4.23. The van der Waals surface area contributed by atoms with E-state index < -0.39 is 0 Å². The second-order valence-corrected chi connectivity index (χ2v) is 5.18. The van der Waals surface area contributed by atoms with Crippen molar-refractivity contribution in [2.75, 3.05) is 38.2 Å². The summed E-state index contributed by atoms with van der Waals surface area (Å²) in [7, 11) is 1.59. The van der Waals surface area contributed by atoms with Crippen molar-refractivity contribution in [2.24, 2.45) is 0 Å². The Hall–Kier alpha value is -2.56. The molecule has 0 N–H and O–H groups in total. The molecule has 1 fully saturated rings. The Morgan fingerprint density at radius 2 is 1.73 bits per heavy atom. The highest BCUT2D eigenvalue weighted by Gasteiger charge is 2.24. The van der Waals surface area contributed by atoms with Gasteiger partial charge in [-0.15, -0.1) is 0 Å². The number of ether oxygens (including phenoxy) is 1. The molecule has 0 atom stereocenters. The van der Waals surface area contributed by atoms with E-state index >= 15 is 0 Å². The number of rotatable bonds is 3. The molecule has 1 aliphatic heterocycles. The lowest BCUT2D eigenvalue weighted by atomic mass is 10.1. The van der Waals surface area contributed by atoms with E-state index in [4.69, 9.17) is 4.74 Å². The lowest BCUT2D eigenvalue weighted by molar-refractivity contribution is 0.0743. The van der Waals surface area contributed by atoms with Crippen molar-refractivity contribution in [3.8, 4) is 5.75 Å². The molecule has 5 heteroatoms. The molecule has 22 heavy (non-hydrogen) atoms. The number of carbonyl (C=O) groups excluding carboxylic acids is 1. The second kappa shape index (κ2) is 6.47. The van der Waals surface area contributed by atoms with Crippen LogP contribution in [0.5, 0.6) is 5.75 Å². The van der Waals surface area contributed by atoms with E-state index in [1.165, 1.54) is 0 Å². The van der Waals surface area contributed by atoms with Gasteiger partial charge in [0.05, 0.1) is 12.7 Å². The molecule has 114 valence electrons. The normalized spacial score (nSPS) is 14.8. The van der Waals surface area contributed by atoms with E-state index in [1.54, 1.807) is 19.5 Å². The highest BCUT2D eigenvalue weighted by molar-refractivity contribution is 5.97. The average Bonchev–Trinajstić information content (AvgIpc) is 2.62. The Morgan fingerprint density at radius 3 is 2.41 bits per heavy atom. The number of methoxy groups -OCH3 is 1. The van der Waals surface area contributed by atoms with Crippen molar-refractivity contribution in [1.82, 2.24) is 9.88 Å². The molecule has 1 aromatic heterocycles. The molecule has 0 aliphatic carbocycles. The number of hydrogen-bond acceptors (Lipinski definition) is 4. The van der Waals surface area contributed by atoms with Gasteiger partial charge in [-0.3, -0.25) is 9.78 Å². The van der Waals surface area contributed by atoms with Crippen LogP contribution in [-0.2, 0) is 0 Å². The molecule has 0 spiro atoms. The van der Waals surface area contributed by atoms with Crippen molar-refractivity contribution in [3.05, 3.63) is 54.4 Å². The van der Waals surface area contributed by atoms with E-state index in [2.05, 4.69) is 9.88 Å². The summed E-state index contributed by atoms with van der Waals surface area (Å²) < 4.78 is 5.28. The van der Waals surface area contributed by atoms with Crippen LogP contribution in [0, 0.1) is 0 Å². The van der Waals surface area contributed by atoms with Crippen molar-refractivity contribution < 1.29 is 9.53 Å². The molecule has 0 radical (unpaired) electrons. The zero-order chi connectivity index (χ0) is 15.4. The first-order valence-corrected chi connectivity index (χ1v) is 7.37. The van der Waals surface area contributed by atoms with Gasteiger partial charge in [0, 0.05) is 44.3 Å². The van der Waals surface area contributed by atoms with Gasteiger partial charge in [0.25, 0.3) is 5.91 Å². The fourth-order valence-corrected chi connectivity index (χ4v) is 2.71. The molecule has 5 nitrogen and oxygen atoms in total. The van der Waals surface area contributed by atoms with Crippen LogP contribution in [0.15, 0.2) is 48.8 Å². The minimum absolute atomic E-state index is 0.0341. The SMILES string of the molecule is COc1ccccc1C(=O)N1CCN(c2ccncc2)CC1. The molecule has 1 saturated heterocycles. The number of nitrogens with zero attached hydrogens (tertiary/aromatic N) is 3. The lowest BCUT2D eigenvalue weighted by Gasteiger charge is -2.36. The van der Waals surface area contributed by atoms with Gasteiger partial charge in [0.2, 0.25) is 0 Å². The number of benzene rings is 1. The third-order valence-electron chi connectivity index (χ3n) is 3.93. The van der Waals surface area contributed by atoms with Crippen molar-refractivity contribution in [3.63, 3.8) is 0 Å². The second-order valence-electron chi connectivity index (χ2n) is 5.18. The number of piperazine rings is 1. The van der Waals surface area contributed by atoms with Gasteiger partial charge in [-0.25, -0.2) is 0 Å². The molecule has 0 unspecified atom stereocenters. The first-order chi connectivity index (χ1) is 10.8. The Morgan fingerprint density at radius 1 is 1.05 bits per heavy atom. The van der Waals surface area contributed by atoms with Crippen LogP contribution < -0.4 is 9.64 Å². The molecule has 2 heterocycles. The summed E-state index contributed by atoms with van der Waals surface area (Å²) in [4.78, 5) is 20.8. The summed E-state index contributed by atoms with van der Waals surface area (Å²) in [5.41, 5.74) is 1.78. The number of anilines is 1. The number of carbonyl (C=O) groups is 1. The molecule has 1 amide bonds. The predicted molar refractivity (Wildman–Crippen MR) is 85.3 cm³/mol. The lowest BCUT2D eigenvalue weighted by Crippen LogP contribution is -2.48.